The molecule has 1 aliphatic carbocycles. The Bertz CT molecular complexity index is 1030. The van der Waals surface area contributed by atoms with Gasteiger partial charge in [0.2, 0.25) is 11.8 Å². The average molecular weight is 409 g/mol. The molecule has 2 aromatic carbocycles. The second-order valence-electron chi connectivity index (χ2n) is 7.39. The van der Waals surface area contributed by atoms with E-state index in [9.17, 15) is 24.1 Å². The summed E-state index contributed by atoms with van der Waals surface area (Å²) in [4.78, 5) is 37.6. The third kappa shape index (κ3) is 3.56. The van der Waals surface area contributed by atoms with Crippen LogP contribution in [0.4, 0.5) is 21.5 Å². The third-order valence-corrected chi connectivity index (χ3v) is 5.61. The van der Waals surface area contributed by atoms with E-state index in [0.29, 0.717) is 31.4 Å². The molecule has 1 fully saturated rings. The summed E-state index contributed by atoms with van der Waals surface area (Å²) in [6.45, 7) is 0.290. The van der Waals surface area contributed by atoms with Crippen LogP contribution < -0.4 is 10.2 Å². The molecule has 2 aromatic rings. The SMILES string of the molecule is O=C1[C@@H]2CC=CC[C@H]2C(=O)N1c1ccc(NCCc2ccccc2F)c([N+](=O)[O-])c1. The van der Waals surface area contributed by atoms with Gasteiger partial charge in [0, 0.05) is 12.6 Å². The Labute approximate surface area is 172 Å². The number of carbonyl (C=O) groups is 2. The molecule has 4 rings (SSSR count). The molecule has 1 aliphatic heterocycles. The number of imide groups is 1. The number of fused-ring (bicyclic) bond motifs is 1. The van der Waals surface area contributed by atoms with Crippen molar-refractivity contribution in [3.63, 3.8) is 0 Å². The number of hydrogen-bond acceptors (Lipinski definition) is 5. The van der Waals surface area contributed by atoms with Gasteiger partial charge >= 0.3 is 0 Å². The van der Waals surface area contributed by atoms with Crippen molar-refractivity contribution in [3.05, 3.63) is 76.1 Å². The summed E-state index contributed by atoms with van der Waals surface area (Å²) in [6, 6.07) is 10.6. The van der Waals surface area contributed by atoms with Crippen LogP contribution in [0.2, 0.25) is 0 Å². The number of amides is 2. The van der Waals surface area contributed by atoms with Gasteiger partial charge in [0.05, 0.1) is 22.4 Å². The van der Waals surface area contributed by atoms with Crippen LogP contribution >= 0.6 is 0 Å². The van der Waals surface area contributed by atoms with Crippen LogP contribution in [-0.2, 0) is 16.0 Å². The zero-order valence-electron chi connectivity index (χ0n) is 16.1. The van der Waals surface area contributed by atoms with Gasteiger partial charge < -0.3 is 5.32 Å². The molecule has 2 atom stereocenters. The topological polar surface area (TPSA) is 92.6 Å². The fourth-order valence-corrected chi connectivity index (χ4v) is 4.05. The number of halogens is 1. The molecule has 2 amide bonds. The van der Waals surface area contributed by atoms with Gasteiger partial charge in [-0.3, -0.25) is 19.7 Å². The van der Waals surface area contributed by atoms with Crippen LogP contribution in [0.3, 0.4) is 0 Å². The highest BCUT2D eigenvalue weighted by atomic mass is 19.1. The lowest BCUT2D eigenvalue weighted by molar-refractivity contribution is -0.383. The first-order chi connectivity index (χ1) is 14.5. The van der Waals surface area contributed by atoms with Gasteiger partial charge in [-0.2, -0.15) is 0 Å². The summed E-state index contributed by atoms with van der Waals surface area (Å²) < 4.78 is 13.7. The quantitative estimate of drug-likeness (QED) is 0.339. The fraction of sp³-hybridized carbons (Fsp3) is 0.273. The molecule has 154 valence electrons. The van der Waals surface area contributed by atoms with Gasteiger partial charge in [-0.1, -0.05) is 30.4 Å². The number of nitro benzene ring substituents is 1. The Morgan fingerprint density at radius 3 is 2.37 bits per heavy atom. The predicted molar refractivity (Wildman–Crippen MR) is 110 cm³/mol. The van der Waals surface area contributed by atoms with Gasteiger partial charge in [0.15, 0.2) is 0 Å². The molecule has 1 saturated heterocycles. The van der Waals surface area contributed by atoms with Crippen LogP contribution in [0, 0.1) is 27.8 Å². The maximum absolute atomic E-state index is 13.7. The first-order valence-corrected chi connectivity index (χ1v) is 9.76. The monoisotopic (exact) mass is 409 g/mol. The van der Waals surface area contributed by atoms with E-state index in [2.05, 4.69) is 5.32 Å². The van der Waals surface area contributed by atoms with E-state index in [1.807, 2.05) is 12.2 Å². The van der Waals surface area contributed by atoms with Crippen molar-refractivity contribution in [2.75, 3.05) is 16.8 Å². The molecule has 1 N–H and O–H groups in total. The van der Waals surface area contributed by atoms with Gasteiger partial charge in [-0.15, -0.1) is 0 Å². The number of nitrogens with zero attached hydrogens (tertiary/aromatic N) is 2. The fourth-order valence-electron chi connectivity index (χ4n) is 4.05. The first kappa shape index (κ1) is 19.8. The number of rotatable bonds is 6. The third-order valence-electron chi connectivity index (χ3n) is 5.61. The maximum Gasteiger partial charge on any atom is 0.294 e. The molecule has 0 aromatic heterocycles. The van der Waals surface area contributed by atoms with Crippen molar-refractivity contribution >= 4 is 28.9 Å². The highest BCUT2D eigenvalue weighted by Gasteiger charge is 2.48. The number of carbonyl (C=O) groups excluding carboxylic acids is 2. The maximum atomic E-state index is 13.7. The lowest BCUT2D eigenvalue weighted by Crippen LogP contribution is -2.30. The molecule has 0 bridgehead atoms. The Hall–Kier alpha value is -3.55. The highest BCUT2D eigenvalue weighted by Crippen LogP contribution is 2.39. The van der Waals surface area contributed by atoms with E-state index in [1.165, 1.54) is 24.3 Å². The molecule has 30 heavy (non-hydrogen) atoms. The van der Waals surface area contributed by atoms with Crippen LogP contribution in [-0.4, -0.2) is 23.3 Å². The first-order valence-electron chi connectivity index (χ1n) is 9.76. The van der Waals surface area contributed by atoms with Crippen LogP contribution in [0.1, 0.15) is 18.4 Å². The van der Waals surface area contributed by atoms with Crippen molar-refractivity contribution in [2.24, 2.45) is 11.8 Å². The smallest absolute Gasteiger partial charge is 0.294 e. The minimum atomic E-state index is -0.561. The van der Waals surface area contributed by atoms with Crippen molar-refractivity contribution in [1.82, 2.24) is 0 Å². The summed E-state index contributed by atoms with van der Waals surface area (Å²) in [5.41, 5.74) is 0.715. The average Bonchev–Trinajstić information content (AvgIpc) is 3.00. The number of hydrogen-bond donors (Lipinski definition) is 1. The lowest BCUT2D eigenvalue weighted by atomic mass is 9.85. The predicted octanol–water partition coefficient (Wildman–Crippen LogP) is 3.84. The second kappa shape index (κ2) is 8.06. The van der Waals surface area contributed by atoms with E-state index in [1.54, 1.807) is 18.2 Å². The van der Waals surface area contributed by atoms with Crippen molar-refractivity contribution < 1.29 is 18.9 Å². The minimum absolute atomic E-state index is 0.200. The minimum Gasteiger partial charge on any atom is -0.379 e. The normalized spacial score (nSPS) is 20.4. The molecule has 0 saturated carbocycles. The summed E-state index contributed by atoms with van der Waals surface area (Å²) in [7, 11) is 0. The summed E-state index contributed by atoms with van der Waals surface area (Å²) in [6.07, 6.45) is 5.14. The van der Waals surface area contributed by atoms with Gasteiger partial charge in [-0.05, 0) is 43.0 Å². The summed E-state index contributed by atoms with van der Waals surface area (Å²) in [5, 5.41) is 14.6. The largest absolute Gasteiger partial charge is 0.379 e. The molecule has 8 heteroatoms. The molecule has 2 aliphatic rings. The number of anilines is 2. The number of nitrogens with one attached hydrogen (secondary N) is 1. The van der Waals surface area contributed by atoms with Crippen LogP contribution in [0.5, 0.6) is 0 Å². The molecule has 1 heterocycles. The lowest BCUT2D eigenvalue weighted by Gasteiger charge is -2.16. The number of nitro groups is 1. The van der Waals surface area contributed by atoms with E-state index in [4.69, 9.17) is 0 Å². The zero-order chi connectivity index (χ0) is 21.3. The standard InChI is InChI=1S/C22H20FN3O4/c23-18-8-4-1-5-14(18)11-12-24-19-10-9-15(13-20(19)26(29)30)25-21(27)16-6-2-3-7-17(16)22(25)28/h1-5,8-10,13,16-17,24H,6-7,11-12H2/t16-,17-/m1/s1. The molecule has 0 unspecified atom stereocenters. The van der Waals surface area contributed by atoms with Crippen molar-refractivity contribution in [1.29, 1.82) is 0 Å². The Morgan fingerprint density at radius 2 is 1.73 bits per heavy atom. The van der Waals surface area contributed by atoms with E-state index >= 15 is 0 Å². The molecule has 7 nitrogen and oxygen atoms in total. The van der Waals surface area contributed by atoms with Gasteiger partial charge in [-0.25, -0.2) is 9.29 Å². The molecule has 0 radical (unpaired) electrons. The van der Waals surface area contributed by atoms with E-state index < -0.39 is 16.8 Å². The van der Waals surface area contributed by atoms with Crippen LogP contribution in [0.25, 0.3) is 0 Å². The Kier molecular flexibility index (Phi) is 5.31. The molecular weight excluding hydrogens is 389 g/mol. The van der Waals surface area contributed by atoms with E-state index in [-0.39, 0.29) is 34.7 Å². The van der Waals surface area contributed by atoms with Crippen LogP contribution in [0.15, 0.2) is 54.6 Å². The summed E-state index contributed by atoms with van der Waals surface area (Å²) >= 11 is 0. The molecule has 0 spiro atoms. The number of benzene rings is 2. The molecular formula is C22H20FN3O4. The van der Waals surface area contributed by atoms with Crippen molar-refractivity contribution in [2.45, 2.75) is 19.3 Å². The number of allylic oxidation sites excluding steroid dienone is 2. The zero-order valence-corrected chi connectivity index (χ0v) is 16.1. The highest BCUT2D eigenvalue weighted by molar-refractivity contribution is 6.22. The van der Waals surface area contributed by atoms with Crippen molar-refractivity contribution in [3.8, 4) is 0 Å². The van der Waals surface area contributed by atoms with Gasteiger partial charge in [0.1, 0.15) is 11.5 Å². The Balaban J connectivity index is 1.54. The van der Waals surface area contributed by atoms with Gasteiger partial charge in [0.25, 0.3) is 5.69 Å². The second-order valence-corrected chi connectivity index (χ2v) is 7.39. The van der Waals surface area contributed by atoms with E-state index in [0.717, 1.165) is 4.90 Å². The summed E-state index contributed by atoms with van der Waals surface area (Å²) in [5.74, 6) is -1.76. The Morgan fingerprint density at radius 1 is 1.07 bits per heavy atom.